The smallest absolute Gasteiger partial charge is 0.408 e. The summed E-state index contributed by atoms with van der Waals surface area (Å²) in [4.78, 5) is 39.8. The van der Waals surface area contributed by atoms with Crippen LogP contribution in [0, 0.1) is 5.92 Å². The Balaban J connectivity index is 2.83. The number of carbonyl (C=O) groups is 3. The topological polar surface area (TPSA) is 102 Å². The summed E-state index contributed by atoms with van der Waals surface area (Å²) in [5.74, 6) is 0.107. The van der Waals surface area contributed by atoms with Gasteiger partial charge in [0.2, 0.25) is 5.91 Å². The van der Waals surface area contributed by atoms with Crippen molar-refractivity contribution in [3.63, 3.8) is 0 Å². The van der Waals surface area contributed by atoms with Gasteiger partial charge in [0.15, 0.2) is 5.82 Å². The molecule has 146 valence electrons. The second kappa shape index (κ2) is 8.33. The van der Waals surface area contributed by atoms with Gasteiger partial charge in [-0.2, -0.15) is 0 Å². The Bertz CT molecular complexity index is 644. The lowest BCUT2D eigenvalue weighted by atomic mass is 10.0. The normalized spacial score (nSPS) is 13.2. The number of nitrogens with one attached hydrogen (secondary N) is 2. The summed E-state index contributed by atoms with van der Waals surface area (Å²) in [6, 6.07) is -0.755. The first-order valence-corrected chi connectivity index (χ1v) is 8.65. The molecule has 1 heterocycles. The quantitative estimate of drug-likeness (QED) is 0.722. The lowest BCUT2D eigenvalue weighted by molar-refractivity contribution is -0.118. The number of aldehydes is 1. The van der Waals surface area contributed by atoms with E-state index >= 15 is 0 Å². The number of hydrogen-bond acceptors (Lipinski definition) is 5. The molecule has 8 heteroatoms. The molecule has 1 atom stereocenters. The number of alkyl carbamates (subject to hydrolysis) is 1. The van der Waals surface area contributed by atoms with E-state index in [4.69, 9.17) is 4.74 Å². The van der Waals surface area contributed by atoms with E-state index in [1.165, 1.54) is 6.33 Å². The standard InChI is InChI=1S/C18H30N4O4/c1-12(2)8-13(20-16(25)26-17(3,4)5)15(24)21-14-9-22(11-19-14)18(6,7)10-23/h9-13H,8H2,1-7H3,(H,20,25)(H,21,24). The minimum atomic E-state index is -0.762. The van der Waals surface area contributed by atoms with Crippen LogP contribution in [-0.4, -0.2) is 39.5 Å². The number of rotatable bonds is 7. The number of imidazole rings is 1. The number of hydrogen-bond donors (Lipinski definition) is 2. The van der Waals surface area contributed by atoms with Crippen molar-refractivity contribution in [2.75, 3.05) is 5.32 Å². The van der Waals surface area contributed by atoms with Gasteiger partial charge in [0.25, 0.3) is 0 Å². The van der Waals surface area contributed by atoms with Gasteiger partial charge >= 0.3 is 6.09 Å². The number of carbonyl (C=O) groups excluding carboxylic acids is 3. The molecule has 0 fully saturated rings. The zero-order valence-corrected chi connectivity index (χ0v) is 16.6. The van der Waals surface area contributed by atoms with Crippen molar-refractivity contribution in [1.82, 2.24) is 14.9 Å². The number of ether oxygens (including phenoxy) is 1. The Labute approximate surface area is 154 Å². The zero-order valence-electron chi connectivity index (χ0n) is 16.6. The number of aromatic nitrogens is 2. The average Bonchev–Trinajstić information content (AvgIpc) is 2.93. The van der Waals surface area contributed by atoms with E-state index in [2.05, 4.69) is 15.6 Å². The van der Waals surface area contributed by atoms with Crippen molar-refractivity contribution < 1.29 is 19.1 Å². The van der Waals surface area contributed by atoms with Gasteiger partial charge in [-0.1, -0.05) is 13.8 Å². The molecule has 2 amide bonds. The molecule has 1 aromatic heterocycles. The SMILES string of the molecule is CC(C)CC(NC(=O)OC(C)(C)C)C(=O)Nc1cn(C(C)(C)C=O)cn1. The maximum absolute atomic E-state index is 12.6. The highest BCUT2D eigenvalue weighted by Crippen LogP contribution is 2.16. The highest BCUT2D eigenvalue weighted by molar-refractivity contribution is 5.95. The third-order valence-corrected chi connectivity index (χ3v) is 3.50. The van der Waals surface area contributed by atoms with Crippen LogP contribution in [0.15, 0.2) is 12.5 Å². The summed E-state index contributed by atoms with van der Waals surface area (Å²) >= 11 is 0. The van der Waals surface area contributed by atoms with Crippen LogP contribution in [0.5, 0.6) is 0 Å². The Morgan fingerprint density at radius 3 is 2.38 bits per heavy atom. The molecule has 0 saturated carbocycles. The summed E-state index contributed by atoms with van der Waals surface area (Å²) in [7, 11) is 0. The van der Waals surface area contributed by atoms with Gasteiger partial charge in [-0.25, -0.2) is 9.78 Å². The molecule has 0 saturated heterocycles. The van der Waals surface area contributed by atoms with E-state index in [9.17, 15) is 14.4 Å². The van der Waals surface area contributed by atoms with Crippen LogP contribution in [-0.2, 0) is 19.9 Å². The number of amides is 2. The van der Waals surface area contributed by atoms with E-state index in [0.717, 1.165) is 6.29 Å². The molecule has 0 bridgehead atoms. The van der Waals surface area contributed by atoms with Crippen LogP contribution in [0.1, 0.15) is 54.9 Å². The maximum atomic E-state index is 12.6. The molecule has 1 unspecified atom stereocenters. The predicted molar refractivity (Wildman–Crippen MR) is 98.9 cm³/mol. The van der Waals surface area contributed by atoms with Crippen molar-refractivity contribution in [2.45, 2.75) is 72.1 Å². The molecule has 0 aromatic carbocycles. The van der Waals surface area contributed by atoms with Crippen LogP contribution in [0.4, 0.5) is 10.6 Å². The molecule has 0 spiro atoms. The molecule has 0 radical (unpaired) electrons. The monoisotopic (exact) mass is 366 g/mol. The second-order valence-electron chi connectivity index (χ2n) is 8.26. The van der Waals surface area contributed by atoms with Gasteiger partial charge in [-0.3, -0.25) is 4.79 Å². The molecule has 0 aliphatic carbocycles. The molecule has 8 nitrogen and oxygen atoms in total. The lowest BCUT2D eigenvalue weighted by Crippen LogP contribution is -2.46. The Morgan fingerprint density at radius 1 is 1.27 bits per heavy atom. The molecule has 0 aliphatic rings. The summed E-state index contributed by atoms with van der Waals surface area (Å²) < 4.78 is 6.83. The Hall–Kier alpha value is -2.38. The highest BCUT2D eigenvalue weighted by atomic mass is 16.6. The van der Waals surface area contributed by atoms with Crippen molar-refractivity contribution in [3.8, 4) is 0 Å². The fraction of sp³-hybridized carbons (Fsp3) is 0.667. The molecule has 1 rings (SSSR count). The number of anilines is 1. The molecule has 1 aromatic rings. The minimum Gasteiger partial charge on any atom is -0.444 e. The van der Waals surface area contributed by atoms with Gasteiger partial charge in [0, 0.05) is 6.20 Å². The molecule has 26 heavy (non-hydrogen) atoms. The summed E-state index contributed by atoms with van der Waals surface area (Å²) in [5.41, 5.74) is -1.41. The minimum absolute atomic E-state index is 0.187. The van der Waals surface area contributed by atoms with Crippen LogP contribution in [0.25, 0.3) is 0 Å². The second-order valence-corrected chi connectivity index (χ2v) is 8.26. The first kappa shape index (κ1) is 21.7. The lowest BCUT2D eigenvalue weighted by Gasteiger charge is -2.24. The van der Waals surface area contributed by atoms with Gasteiger partial charge in [0.05, 0.1) is 11.9 Å². The molecule has 0 aliphatic heterocycles. The highest BCUT2D eigenvalue weighted by Gasteiger charge is 2.26. The van der Waals surface area contributed by atoms with Gasteiger partial charge in [0.1, 0.15) is 17.9 Å². The van der Waals surface area contributed by atoms with E-state index in [-0.39, 0.29) is 5.92 Å². The largest absolute Gasteiger partial charge is 0.444 e. The molecular formula is C18H30N4O4. The van der Waals surface area contributed by atoms with E-state index < -0.39 is 29.2 Å². The van der Waals surface area contributed by atoms with Gasteiger partial charge < -0.3 is 24.7 Å². The predicted octanol–water partition coefficient (Wildman–Crippen LogP) is 2.70. The maximum Gasteiger partial charge on any atom is 0.408 e. The van der Waals surface area contributed by atoms with E-state index in [1.54, 1.807) is 45.4 Å². The zero-order chi connectivity index (χ0) is 20.1. The first-order chi connectivity index (χ1) is 11.8. The van der Waals surface area contributed by atoms with Crippen LogP contribution in [0.2, 0.25) is 0 Å². The molecular weight excluding hydrogens is 336 g/mol. The van der Waals surface area contributed by atoms with E-state index in [0.29, 0.717) is 12.2 Å². The van der Waals surface area contributed by atoms with Crippen molar-refractivity contribution in [3.05, 3.63) is 12.5 Å². The first-order valence-electron chi connectivity index (χ1n) is 8.65. The third kappa shape index (κ3) is 6.85. The van der Waals surface area contributed by atoms with E-state index in [1.807, 2.05) is 13.8 Å². The summed E-state index contributed by atoms with van der Waals surface area (Å²) in [5, 5.41) is 5.28. The third-order valence-electron chi connectivity index (χ3n) is 3.50. The Morgan fingerprint density at radius 2 is 1.88 bits per heavy atom. The van der Waals surface area contributed by atoms with Crippen molar-refractivity contribution in [1.29, 1.82) is 0 Å². The van der Waals surface area contributed by atoms with Crippen LogP contribution < -0.4 is 10.6 Å². The fourth-order valence-corrected chi connectivity index (χ4v) is 2.13. The fourth-order valence-electron chi connectivity index (χ4n) is 2.13. The van der Waals surface area contributed by atoms with Crippen molar-refractivity contribution in [2.24, 2.45) is 5.92 Å². The average molecular weight is 366 g/mol. The summed E-state index contributed by atoms with van der Waals surface area (Å²) in [6.45, 7) is 12.6. The van der Waals surface area contributed by atoms with Crippen molar-refractivity contribution >= 4 is 24.1 Å². The summed E-state index contributed by atoms with van der Waals surface area (Å²) in [6.07, 6.45) is 3.65. The van der Waals surface area contributed by atoms with Crippen LogP contribution >= 0.6 is 0 Å². The van der Waals surface area contributed by atoms with Crippen LogP contribution in [0.3, 0.4) is 0 Å². The molecule has 2 N–H and O–H groups in total. The van der Waals surface area contributed by atoms with Gasteiger partial charge in [-0.05, 0) is 47.0 Å². The Kier molecular flexibility index (Phi) is 6.94. The van der Waals surface area contributed by atoms with Gasteiger partial charge in [-0.15, -0.1) is 0 Å². The number of nitrogens with zero attached hydrogens (tertiary/aromatic N) is 2.